The van der Waals surface area contributed by atoms with Gasteiger partial charge in [-0.15, -0.1) is 0 Å². The van der Waals surface area contributed by atoms with Crippen molar-refractivity contribution in [1.82, 2.24) is 9.97 Å². The van der Waals surface area contributed by atoms with Crippen molar-refractivity contribution in [2.24, 2.45) is 0 Å². The molecule has 3 aromatic rings. The van der Waals surface area contributed by atoms with Crippen molar-refractivity contribution in [1.29, 1.82) is 0 Å². The molecular formula is C15H14N4O2. The minimum absolute atomic E-state index is 0.210. The molecule has 0 aliphatic rings. The monoisotopic (exact) mass is 282 g/mol. The Labute approximate surface area is 121 Å². The maximum Gasteiger partial charge on any atom is 0.293 e. The maximum absolute atomic E-state index is 12.3. The summed E-state index contributed by atoms with van der Waals surface area (Å²) in [7, 11) is 0. The highest BCUT2D eigenvalue weighted by Gasteiger charge is 2.17. The summed E-state index contributed by atoms with van der Waals surface area (Å²) in [6, 6.07) is 7.10. The number of pyridine rings is 1. The highest BCUT2D eigenvalue weighted by Crippen LogP contribution is 2.27. The van der Waals surface area contributed by atoms with Crippen molar-refractivity contribution in [3.63, 3.8) is 0 Å². The zero-order chi connectivity index (χ0) is 15.0. The Balaban J connectivity index is 2.01. The minimum atomic E-state index is -0.344. The Hall–Kier alpha value is -2.89. The van der Waals surface area contributed by atoms with Gasteiger partial charge in [0.1, 0.15) is 0 Å². The van der Waals surface area contributed by atoms with Crippen LogP contribution in [0.3, 0.4) is 0 Å². The molecule has 2 aromatic heterocycles. The molecule has 0 unspecified atom stereocenters. The number of benzene rings is 1. The van der Waals surface area contributed by atoms with Crippen LogP contribution >= 0.6 is 0 Å². The standard InChI is InChI=1S/C15H14N4O2/c1-8-14(21-9(2)18-8)15(20)19-12-6-5-11(16)13-10(12)4-3-7-17-13/h3-7H,16H2,1-2H3,(H,19,20). The Bertz CT molecular complexity index is 839. The Morgan fingerprint density at radius 1 is 1.29 bits per heavy atom. The molecular weight excluding hydrogens is 268 g/mol. The van der Waals surface area contributed by atoms with Crippen LogP contribution in [0.15, 0.2) is 34.9 Å². The summed E-state index contributed by atoms with van der Waals surface area (Å²) in [5, 5.41) is 3.59. The second-order valence-corrected chi connectivity index (χ2v) is 4.70. The number of rotatable bonds is 2. The van der Waals surface area contributed by atoms with E-state index in [9.17, 15) is 4.79 Å². The molecule has 21 heavy (non-hydrogen) atoms. The molecule has 1 amide bonds. The number of nitrogens with one attached hydrogen (secondary N) is 1. The molecule has 0 aliphatic carbocycles. The number of nitrogen functional groups attached to an aromatic ring is 1. The summed E-state index contributed by atoms with van der Waals surface area (Å²) in [6.07, 6.45) is 1.66. The van der Waals surface area contributed by atoms with Crippen molar-refractivity contribution in [3.05, 3.63) is 47.8 Å². The first kappa shape index (κ1) is 13.1. The van der Waals surface area contributed by atoms with Gasteiger partial charge in [-0.3, -0.25) is 9.78 Å². The van der Waals surface area contributed by atoms with Gasteiger partial charge in [-0.05, 0) is 31.2 Å². The van der Waals surface area contributed by atoms with Gasteiger partial charge >= 0.3 is 0 Å². The molecule has 0 saturated carbocycles. The van der Waals surface area contributed by atoms with Crippen molar-refractivity contribution < 1.29 is 9.21 Å². The van der Waals surface area contributed by atoms with Gasteiger partial charge in [0.2, 0.25) is 5.76 Å². The first-order valence-corrected chi connectivity index (χ1v) is 6.45. The summed E-state index contributed by atoms with van der Waals surface area (Å²) >= 11 is 0. The predicted octanol–water partition coefficient (Wildman–Crippen LogP) is 2.67. The number of aryl methyl sites for hydroxylation is 2. The fourth-order valence-electron chi connectivity index (χ4n) is 2.22. The van der Waals surface area contributed by atoms with Gasteiger partial charge in [0, 0.05) is 18.5 Å². The van der Waals surface area contributed by atoms with Crippen LogP contribution in [0, 0.1) is 13.8 Å². The molecule has 1 aromatic carbocycles. The highest BCUT2D eigenvalue weighted by molar-refractivity contribution is 6.09. The number of aromatic nitrogens is 2. The third kappa shape index (κ3) is 2.31. The average molecular weight is 282 g/mol. The normalized spacial score (nSPS) is 10.8. The first-order valence-electron chi connectivity index (χ1n) is 6.45. The van der Waals surface area contributed by atoms with Crippen LogP contribution in [0.25, 0.3) is 10.9 Å². The van der Waals surface area contributed by atoms with Crippen LogP contribution in [0.4, 0.5) is 11.4 Å². The second kappa shape index (κ2) is 4.90. The van der Waals surface area contributed by atoms with E-state index in [4.69, 9.17) is 10.2 Å². The molecule has 2 heterocycles. The third-order valence-electron chi connectivity index (χ3n) is 3.16. The summed E-state index contributed by atoms with van der Waals surface area (Å²) in [4.78, 5) is 20.6. The number of oxazole rings is 1. The lowest BCUT2D eigenvalue weighted by atomic mass is 10.1. The van der Waals surface area contributed by atoms with Crippen molar-refractivity contribution in [2.45, 2.75) is 13.8 Å². The Morgan fingerprint density at radius 2 is 2.10 bits per heavy atom. The molecule has 6 heteroatoms. The van der Waals surface area contributed by atoms with Gasteiger partial charge in [-0.2, -0.15) is 0 Å². The van der Waals surface area contributed by atoms with Crippen LogP contribution in [0.1, 0.15) is 22.1 Å². The molecule has 0 saturated heterocycles. The molecule has 0 bridgehead atoms. The van der Waals surface area contributed by atoms with Gasteiger partial charge < -0.3 is 15.5 Å². The molecule has 0 radical (unpaired) electrons. The molecule has 0 spiro atoms. The second-order valence-electron chi connectivity index (χ2n) is 4.70. The van der Waals surface area contributed by atoms with E-state index in [1.807, 2.05) is 6.07 Å². The molecule has 6 nitrogen and oxygen atoms in total. The molecule has 3 N–H and O–H groups in total. The first-order chi connectivity index (χ1) is 10.1. The molecule has 106 valence electrons. The topological polar surface area (TPSA) is 94.0 Å². The van der Waals surface area contributed by atoms with Crippen molar-refractivity contribution in [2.75, 3.05) is 11.1 Å². The summed E-state index contributed by atoms with van der Waals surface area (Å²) in [6.45, 7) is 3.43. The van der Waals surface area contributed by atoms with E-state index in [1.54, 1.807) is 38.2 Å². The minimum Gasteiger partial charge on any atom is -0.436 e. The number of hydrogen-bond acceptors (Lipinski definition) is 5. The smallest absolute Gasteiger partial charge is 0.293 e. The Kier molecular flexibility index (Phi) is 3.06. The molecule has 3 rings (SSSR count). The lowest BCUT2D eigenvalue weighted by Crippen LogP contribution is -2.12. The van der Waals surface area contributed by atoms with E-state index in [0.29, 0.717) is 28.5 Å². The Morgan fingerprint density at radius 3 is 2.81 bits per heavy atom. The number of fused-ring (bicyclic) bond motifs is 1. The van der Waals surface area contributed by atoms with E-state index in [0.717, 1.165) is 5.39 Å². The summed E-state index contributed by atoms with van der Waals surface area (Å²) < 4.78 is 5.32. The quantitative estimate of drug-likeness (QED) is 0.705. The van der Waals surface area contributed by atoms with Crippen LogP contribution in [-0.4, -0.2) is 15.9 Å². The number of nitrogens with two attached hydrogens (primary N) is 1. The van der Waals surface area contributed by atoms with Crippen molar-refractivity contribution >= 4 is 28.2 Å². The molecule has 0 aliphatic heterocycles. The van der Waals surface area contributed by atoms with Crippen molar-refractivity contribution in [3.8, 4) is 0 Å². The van der Waals surface area contributed by atoms with Gasteiger partial charge in [0.15, 0.2) is 5.89 Å². The summed E-state index contributed by atoms with van der Waals surface area (Å²) in [5.74, 6) is 0.325. The van der Waals surface area contributed by atoms with Gasteiger partial charge in [-0.1, -0.05) is 0 Å². The van der Waals surface area contributed by atoms with Gasteiger partial charge in [0.05, 0.1) is 22.6 Å². The number of carbonyl (C=O) groups excluding carboxylic acids is 1. The van der Waals surface area contributed by atoms with E-state index in [2.05, 4.69) is 15.3 Å². The van der Waals surface area contributed by atoms with Gasteiger partial charge in [-0.25, -0.2) is 4.98 Å². The van der Waals surface area contributed by atoms with Crippen LogP contribution < -0.4 is 11.1 Å². The van der Waals surface area contributed by atoms with E-state index < -0.39 is 0 Å². The van der Waals surface area contributed by atoms with E-state index >= 15 is 0 Å². The predicted molar refractivity (Wildman–Crippen MR) is 80.1 cm³/mol. The molecule has 0 fully saturated rings. The summed E-state index contributed by atoms with van der Waals surface area (Å²) in [5.41, 5.74) is 8.30. The lowest BCUT2D eigenvalue weighted by Gasteiger charge is -2.08. The highest BCUT2D eigenvalue weighted by atomic mass is 16.4. The fraction of sp³-hybridized carbons (Fsp3) is 0.133. The fourth-order valence-corrected chi connectivity index (χ4v) is 2.22. The SMILES string of the molecule is Cc1nc(C)c(C(=O)Nc2ccc(N)c3ncccc23)o1. The molecule has 0 atom stereocenters. The largest absolute Gasteiger partial charge is 0.436 e. The van der Waals surface area contributed by atoms with Crippen LogP contribution in [0.5, 0.6) is 0 Å². The van der Waals surface area contributed by atoms with E-state index in [-0.39, 0.29) is 11.7 Å². The third-order valence-corrected chi connectivity index (χ3v) is 3.16. The lowest BCUT2D eigenvalue weighted by molar-refractivity contribution is 0.0995. The number of carbonyl (C=O) groups is 1. The van der Waals surface area contributed by atoms with Gasteiger partial charge in [0.25, 0.3) is 5.91 Å². The number of anilines is 2. The number of hydrogen-bond donors (Lipinski definition) is 2. The van der Waals surface area contributed by atoms with Crippen LogP contribution in [0.2, 0.25) is 0 Å². The zero-order valence-electron chi connectivity index (χ0n) is 11.7. The zero-order valence-corrected chi connectivity index (χ0v) is 11.7. The average Bonchev–Trinajstić information content (AvgIpc) is 2.81. The van der Waals surface area contributed by atoms with Crippen LogP contribution in [-0.2, 0) is 0 Å². The number of nitrogens with zero attached hydrogens (tertiary/aromatic N) is 2. The number of amides is 1. The van der Waals surface area contributed by atoms with E-state index in [1.165, 1.54) is 0 Å². The maximum atomic E-state index is 12.3.